The van der Waals surface area contributed by atoms with Crippen LogP contribution in [-0.4, -0.2) is 33.7 Å². The third-order valence-electron chi connectivity index (χ3n) is 2.12. The molecule has 0 bridgehead atoms. The van der Waals surface area contributed by atoms with Gasteiger partial charge in [-0.3, -0.25) is 0 Å². The lowest BCUT2D eigenvalue weighted by Gasteiger charge is -2.14. The van der Waals surface area contributed by atoms with Crippen molar-refractivity contribution in [2.45, 2.75) is 17.9 Å². The van der Waals surface area contributed by atoms with E-state index in [1.165, 1.54) is 38.3 Å². The molecule has 0 heterocycles. The Morgan fingerprint density at radius 1 is 1.37 bits per heavy atom. The fraction of sp³-hybridized carbons (Fsp3) is 0.273. The van der Waals surface area contributed by atoms with Crippen molar-refractivity contribution >= 4 is 22.1 Å². The van der Waals surface area contributed by atoms with E-state index in [9.17, 15) is 18.0 Å². The molecule has 1 unspecified atom stereocenters. The van der Waals surface area contributed by atoms with Gasteiger partial charge in [0.2, 0.25) is 0 Å². The number of rotatable bonds is 5. The van der Waals surface area contributed by atoms with E-state index in [1.807, 2.05) is 0 Å². The maximum atomic E-state index is 11.6. The highest BCUT2D eigenvalue weighted by Crippen LogP contribution is 2.25. The van der Waals surface area contributed by atoms with Crippen LogP contribution in [0.2, 0.25) is 0 Å². The molecule has 19 heavy (non-hydrogen) atoms. The Morgan fingerprint density at radius 2 is 2.00 bits per heavy atom. The van der Waals surface area contributed by atoms with E-state index < -0.39 is 22.1 Å². The second-order valence-electron chi connectivity index (χ2n) is 3.39. The molecule has 8 heteroatoms. The molecule has 0 aliphatic heterocycles. The van der Waals surface area contributed by atoms with Gasteiger partial charge >= 0.3 is 5.97 Å². The number of hydrogen-bond donors (Lipinski definition) is 0. The summed E-state index contributed by atoms with van der Waals surface area (Å²) in [6.45, 7) is 1.40. The highest BCUT2D eigenvalue weighted by molar-refractivity contribution is 7.90. The van der Waals surface area contributed by atoms with Crippen LogP contribution in [0.5, 0.6) is 5.75 Å². The van der Waals surface area contributed by atoms with Gasteiger partial charge in [-0.05, 0) is 19.1 Å². The van der Waals surface area contributed by atoms with E-state index in [-0.39, 0.29) is 10.6 Å². The van der Waals surface area contributed by atoms with Gasteiger partial charge in [-0.2, -0.15) is 8.42 Å². The van der Waals surface area contributed by atoms with Crippen molar-refractivity contribution in [1.82, 2.24) is 0 Å². The van der Waals surface area contributed by atoms with Gasteiger partial charge in [0.1, 0.15) is 10.6 Å². The molecule has 1 rings (SSSR count). The average Bonchev–Trinajstić information content (AvgIpc) is 2.38. The number of hydrogen-bond acceptors (Lipinski definition) is 6. The molecule has 1 aromatic carbocycles. The van der Waals surface area contributed by atoms with Crippen LogP contribution in [-0.2, 0) is 24.3 Å². The minimum Gasteiger partial charge on any atom is -0.478 e. The van der Waals surface area contributed by atoms with Crippen LogP contribution in [0.25, 0.3) is 0 Å². The van der Waals surface area contributed by atoms with Gasteiger partial charge in [0.25, 0.3) is 16.1 Å². The highest BCUT2D eigenvalue weighted by atomic mass is 32.2. The van der Waals surface area contributed by atoms with Gasteiger partial charge < -0.3 is 9.47 Å². The second kappa shape index (κ2) is 6.12. The van der Waals surface area contributed by atoms with Crippen molar-refractivity contribution in [2.75, 3.05) is 7.11 Å². The molecule has 0 amide bonds. The first-order valence-corrected chi connectivity index (χ1v) is 6.54. The summed E-state index contributed by atoms with van der Waals surface area (Å²) in [5, 5.41) is 0. The van der Waals surface area contributed by atoms with Crippen molar-refractivity contribution in [3.05, 3.63) is 24.3 Å². The molecule has 0 saturated carbocycles. The first-order valence-electron chi connectivity index (χ1n) is 5.10. The minimum atomic E-state index is -4.19. The van der Waals surface area contributed by atoms with Crippen molar-refractivity contribution in [2.24, 2.45) is 4.40 Å². The number of ether oxygens (including phenoxy) is 2. The molecule has 0 N–H and O–H groups in total. The normalized spacial score (nSPS) is 12.1. The third-order valence-corrected chi connectivity index (χ3v) is 3.33. The van der Waals surface area contributed by atoms with E-state index in [2.05, 4.69) is 9.13 Å². The van der Waals surface area contributed by atoms with Gasteiger partial charge in [-0.15, -0.1) is 0 Å². The van der Waals surface area contributed by atoms with Crippen LogP contribution in [0.3, 0.4) is 0 Å². The summed E-state index contributed by atoms with van der Waals surface area (Å²) in [5.74, 6) is -0.759. The summed E-state index contributed by atoms with van der Waals surface area (Å²) < 4.78 is 35.7. The molecule has 1 atom stereocenters. The zero-order valence-corrected chi connectivity index (χ0v) is 11.0. The molecule has 102 valence electrons. The Balaban J connectivity index is 3.17. The summed E-state index contributed by atoms with van der Waals surface area (Å²) >= 11 is 0. The van der Waals surface area contributed by atoms with E-state index in [0.29, 0.717) is 0 Å². The lowest BCUT2D eigenvalue weighted by Crippen LogP contribution is -2.25. The van der Waals surface area contributed by atoms with Crippen LogP contribution in [0.4, 0.5) is 0 Å². The molecule has 7 nitrogen and oxygen atoms in total. The lowest BCUT2D eigenvalue weighted by molar-refractivity contribution is -0.148. The fourth-order valence-electron chi connectivity index (χ4n) is 1.26. The van der Waals surface area contributed by atoms with Crippen LogP contribution in [0.15, 0.2) is 33.6 Å². The molecular weight excluding hydrogens is 274 g/mol. The van der Waals surface area contributed by atoms with Gasteiger partial charge in [0.15, 0.2) is 6.10 Å². The SMILES string of the molecule is COC(=O)C(C)Oc1ccccc1S(=O)(=O)N=C=O. The molecule has 1 aromatic rings. The van der Waals surface area contributed by atoms with Crippen molar-refractivity contribution < 1.29 is 27.5 Å². The van der Waals surface area contributed by atoms with Crippen LogP contribution < -0.4 is 4.74 Å². The van der Waals surface area contributed by atoms with Gasteiger partial charge in [0.05, 0.1) is 7.11 Å². The molecule has 0 radical (unpaired) electrons. The number of methoxy groups -OCH3 is 1. The zero-order valence-electron chi connectivity index (χ0n) is 10.2. The summed E-state index contributed by atoms with van der Waals surface area (Å²) in [6.07, 6.45) is -0.0378. The largest absolute Gasteiger partial charge is 0.478 e. The summed E-state index contributed by atoms with van der Waals surface area (Å²) in [4.78, 5) is 21.0. The van der Waals surface area contributed by atoms with Crippen LogP contribution >= 0.6 is 0 Å². The Hall–Kier alpha value is -2.18. The van der Waals surface area contributed by atoms with Gasteiger partial charge in [-0.25, -0.2) is 9.59 Å². The Bertz CT molecular complexity index is 618. The topological polar surface area (TPSA) is 99.1 Å². The van der Waals surface area contributed by atoms with E-state index in [4.69, 9.17) is 4.74 Å². The van der Waals surface area contributed by atoms with Crippen molar-refractivity contribution in [3.63, 3.8) is 0 Å². The number of esters is 1. The maximum Gasteiger partial charge on any atom is 0.346 e. The predicted octanol–water partition coefficient (Wildman–Crippen LogP) is 0.651. The van der Waals surface area contributed by atoms with E-state index >= 15 is 0 Å². The lowest BCUT2D eigenvalue weighted by atomic mass is 10.3. The second-order valence-corrected chi connectivity index (χ2v) is 4.96. The Labute approximate surface area is 109 Å². The van der Waals surface area contributed by atoms with Gasteiger partial charge in [-0.1, -0.05) is 16.5 Å². The smallest absolute Gasteiger partial charge is 0.346 e. The maximum absolute atomic E-state index is 11.6. The first kappa shape index (κ1) is 14.9. The molecule has 0 aromatic heterocycles. The van der Waals surface area contributed by atoms with E-state index in [1.54, 1.807) is 0 Å². The van der Waals surface area contributed by atoms with Crippen molar-refractivity contribution in [1.29, 1.82) is 0 Å². The Morgan fingerprint density at radius 3 is 2.58 bits per heavy atom. The molecular formula is C11H11NO6S. The predicted molar refractivity (Wildman–Crippen MR) is 63.9 cm³/mol. The van der Waals surface area contributed by atoms with Crippen LogP contribution in [0.1, 0.15) is 6.92 Å². The summed E-state index contributed by atoms with van der Waals surface area (Å²) in [5.41, 5.74) is 0. The van der Waals surface area contributed by atoms with E-state index in [0.717, 1.165) is 6.08 Å². The minimum absolute atomic E-state index is 0.0978. The highest BCUT2D eigenvalue weighted by Gasteiger charge is 2.22. The molecule has 0 saturated heterocycles. The zero-order chi connectivity index (χ0) is 14.5. The number of sulfonamides is 1. The standard InChI is InChI=1S/C11H11NO6S/c1-8(11(14)17-2)18-9-5-3-4-6-10(9)19(15,16)12-7-13/h3-6,8H,1-2H3. The monoisotopic (exact) mass is 285 g/mol. The Kier molecular flexibility index (Phi) is 4.80. The first-order chi connectivity index (χ1) is 8.92. The number of nitrogens with zero attached hydrogens (tertiary/aromatic N) is 1. The number of carbonyl (C=O) groups is 1. The third kappa shape index (κ3) is 3.64. The summed E-state index contributed by atoms with van der Waals surface area (Å²) in [6, 6.07) is 5.49. The molecule has 0 aliphatic rings. The average molecular weight is 285 g/mol. The number of para-hydroxylation sites is 1. The number of isocyanates is 1. The fourth-order valence-corrected chi connectivity index (χ4v) is 2.08. The van der Waals surface area contributed by atoms with Crippen LogP contribution in [0, 0.1) is 0 Å². The van der Waals surface area contributed by atoms with Crippen molar-refractivity contribution in [3.8, 4) is 5.75 Å². The quantitative estimate of drug-likeness (QED) is 0.447. The number of carbonyl (C=O) groups excluding carboxylic acids is 2. The molecule has 0 aliphatic carbocycles. The molecule has 0 fully saturated rings. The summed E-state index contributed by atoms with van der Waals surface area (Å²) in [7, 11) is -3.01. The molecule has 0 spiro atoms. The number of benzene rings is 1. The van der Waals surface area contributed by atoms with Gasteiger partial charge in [0, 0.05) is 0 Å².